The molecule has 1 rings (SSSR count). The number of amides is 1. The molecule has 6 heteroatoms. The molecule has 0 saturated heterocycles. The number of rotatable bonds is 4. The van der Waals surface area contributed by atoms with Crippen molar-refractivity contribution >= 4 is 23.5 Å². The zero-order valence-corrected chi connectivity index (χ0v) is 9.81. The van der Waals surface area contributed by atoms with E-state index in [9.17, 15) is 14.7 Å². The minimum atomic E-state index is -1.38. The number of carbonyl (C=O) groups is 2. The van der Waals surface area contributed by atoms with E-state index in [0.29, 0.717) is 10.6 Å². The highest BCUT2D eigenvalue weighted by atomic mass is 35.5. The number of benzene rings is 1. The van der Waals surface area contributed by atoms with E-state index in [-0.39, 0.29) is 0 Å². The zero-order valence-electron chi connectivity index (χ0n) is 9.05. The molecule has 0 aliphatic carbocycles. The fourth-order valence-electron chi connectivity index (χ4n) is 1.35. The van der Waals surface area contributed by atoms with Crippen LogP contribution in [-0.2, 0) is 9.59 Å². The molecule has 5 nitrogen and oxygen atoms in total. The molecule has 92 valence electrons. The largest absolute Gasteiger partial charge is 0.480 e. The first-order valence-electron chi connectivity index (χ1n) is 4.85. The van der Waals surface area contributed by atoms with E-state index in [2.05, 4.69) is 5.32 Å². The number of carboxylic acid groups (broad SMARTS) is 1. The number of hydrogen-bond acceptors (Lipinski definition) is 3. The summed E-state index contributed by atoms with van der Waals surface area (Å²) in [6.07, 6.45) is -1.33. The van der Waals surface area contributed by atoms with Gasteiger partial charge in [0.05, 0.1) is 0 Å². The topological polar surface area (TPSA) is 86.6 Å². The highest BCUT2D eigenvalue weighted by molar-refractivity contribution is 6.30. The second-order valence-corrected chi connectivity index (χ2v) is 3.95. The second-order valence-electron chi connectivity index (χ2n) is 3.51. The first kappa shape index (κ1) is 13.5. The molecule has 0 aliphatic heterocycles. The lowest BCUT2D eigenvalue weighted by Gasteiger charge is -2.20. The zero-order chi connectivity index (χ0) is 13.0. The van der Waals surface area contributed by atoms with Gasteiger partial charge in [0.1, 0.15) is 6.10 Å². The number of nitrogens with one attached hydrogen (secondary N) is 1. The summed E-state index contributed by atoms with van der Waals surface area (Å²) in [6, 6.07) is 4.70. The maximum absolute atomic E-state index is 10.9. The average Bonchev–Trinajstić information content (AvgIpc) is 2.25. The third-order valence-electron chi connectivity index (χ3n) is 2.15. The predicted molar refractivity (Wildman–Crippen MR) is 61.7 cm³/mol. The van der Waals surface area contributed by atoms with Crippen molar-refractivity contribution in [2.75, 3.05) is 0 Å². The summed E-state index contributed by atoms with van der Waals surface area (Å²) in [5.74, 6) is -1.83. The first-order chi connectivity index (χ1) is 7.91. The van der Waals surface area contributed by atoms with Crippen LogP contribution in [0.3, 0.4) is 0 Å². The SMILES string of the molecule is CC(=O)N[C@H](C(=O)O)[C@@H](O)c1ccc(Cl)cc1. The number of aliphatic hydroxyl groups is 1. The summed E-state index contributed by atoms with van der Waals surface area (Å²) < 4.78 is 0. The summed E-state index contributed by atoms with van der Waals surface area (Å²) in [7, 11) is 0. The van der Waals surface area contributed by atoms with Crippen molar-refractivity contribution in [1.29, 1.82) is 0 Å². The quantitative estimate of drug-likeness (QED) is 0.750. The van der Waals surface area contributed by atoms with Gasteiger partial charge in [-0.25, -0.2) is 4.79 Å². The molecule has 1 aromatic rings. The summed E-state index contributed by atoms with van der Waals surface area (Å²) in [4.78, 5) is 21.8. The van der Waals surface area contributed by atoms with Crippen molar-refractivity contribution in [2.45, 2.75) is 19.1 Å². The molecule has 2 atom stereocenters. The summed E-state index contributed by atoms with van der Waals surface area (Å²) >= 11 is 5.68. The van der Waals surface area contributed by atoms with Crippen LogP contribution in [0.5, 0.6) is 0 Å². The third-order valence-corrected chi connectivity index (χ3v) is 2.40. The van der Waals surface area contributed by atoms with E-state index in [4.69, 9.17) is 16.7 Å². The Morgan fingerprint density at radius 1 is 1.29 bits per heavy atom. The van der Waals surface area contributed by atoms with Crippen LogP contribution in [0.25, 0.3) is 0 Å². The number of carboxylic acids is 1. The van der Waals surface area contributed by atoms with Crippen LogP contribution in [0.15, 0.2) is 24.3 Å². The van der Waals surface area contributed by atoms with Crippen molar-refractivity contribution in [2.24, 2.45) is 0 Å². The highest BCUT2D eigenvalue weighted by Crippen LogP contribution is 2.19. The number of halogens is 1. The van der Waals surface area contributed by atoms with E-state index >= 15 is 0 Å². The number of carbonyl (C=O) groups excluding carboxylic acids is 1. The first-order valence-corrected chi connectivity index (χ1v) is 5.23. The molecule has 1 aromatic carbocycles. The number of hydrogen-bond donors (Lipinski definition) is 3. The molecule has 0 spiro atoms. The van der Waals surface area contributed by atoms with E-state index in [0.717, 1.165) is 0 Å². The fourth-order valence-corrected chi connectivity index (χ4v) is 1.47. The predicted octanol–water partition coefficient (Wildman–Crippen LogP) is 0.963. The molecule has 17 heavy (non-hydrogen) atoms. The van der Waals surface area contributed by atoms with Gasteiger partial charge in [0.25, 0.3) is 0 Å². The van der Waals surface area contributed by atoms with Gasteiger partial charge in [-0.3, -0.25) is 4.79 Å². The van der Waals surface area contributed by atoms with Crippen LogP contribution >= 0.6 is 11.6 Å². The van der Waals surface area contributed by atoms with Crippen molar-refractivity contribution in [3.8, 4) is 0 Å². The van der Waals surface area contributed by atoms with Gasteiger partial charge >= 0.3 is 5.97 Å². The molecule has 0 aliphatic rings. The highest BCUT2D eigenvalue weighted by Gasteiger charge is 2.28. The van der Waals surface area contributed by atoms with E-state index in [1.807, 2.05) is 0 Å². The van der Waals surface area contributed by atoms with Gasteiger partial charge in [-0.15, -0.1) is 0 Å². The smallest absolute Gasteiger partial charge is 0.329 e. The molecule has 3 N–H and O–H groups in total. The normalized spacial score (nSPS) is 13.8. The standard InChI is InChI=1S/C11H12ClNO4/c1-6(14)13-9(11(16)17)10(15)7-2-4-8(12)5-3-7/h2-5,9-10,15H,1H3,(H,13,14)(H,16,17)/t9-,10-/m0/s1. The van der Waals surface area contributed by atoms with E-state index in [1.54, 1.807) is 0 Å². The Labute approximate surface area is 103 Å². The van der Waals surface area contributed by atoms with Crippen molar-refractivity contribution in [3.63, 3.8) is 0 Å². The Morgan fingerprint density at radius 3 is 2.24 bits per heavy atom. The lowest BCUT2D eigenvalue weighted by atomic mass is 10.0. The maximum Gasteiger partial charge on any atom is 0.329 e. The Morgan fingerprint density at radius 2 is 1.82 bits per heavy atom. The number of aliphatic hydroxyl groups excluding tert-OH is 1. The van der Waals surface area contributed by atoms with Crippen molar-refractivity contribution in [1.82, 2.24) is 5.32 Å². The summed E-state index contributed by atoms with van der Waals surface area (Å²) in [5.41, 5.74) is 0.371. The van der Waals surface area contributed by atoms with Gasteiger partial charge in [0.15, 0.2) is 6.04 Å². The van der Waals surface area contributed by atoms with Gasteiger partial charge < -0.3 is 15.5 Å². The van der Waals surface area contributed by atoms with Crippen molar-refractivity contribution < 1.29 is 19.8 Å². The molecular weight excluding hydrogens is 246 g/mol. The van der Waals surface area contributed by atoms with Crippen molar-refractivity contribution in [3.05, 3.63) is 34.9 Å². The second kappa shape index (κ2) is 5.65. The minimum Gasteiger partial charge on any atom is -0.480 e. The van der Waals surface area contributed by atoms with Crippen LogP contribution in [0.2, 0.25) is 5.02 Å². The molecule has 0 fully saturated rings. The van der Waals surface area contributed by atoms with E-state index in [1.165, 1.54) is 31.2 Å². The van der Waals surface area contributed by atoms with Crippen LogP contribution in [0.1, 0.15) is 18.6 Å². The van der Waals surface area contributed by atoms with Crippen LogP contribution in [-0.4, -0.2) is 28.1 Å². The molecule has 1 amide bonds. The molecule has 0 aromatic heterocycles. The average molecular weight is 258 g/mol. The Bertz CT molecular complexity index is 418. The molecule has 0 saturated carbocycles. The van der Waals surface area contributed by atoms with Gasteiger partial charge in [0, 0.05) is 11.9 Å². The van der Waals surface area contributed by atoms with Gasteiger partial charge in [-0.2, -0.15) is 0 Å². The third kappa shape index (κ3) is 3.72. The molecule has 0 bridgehead atoms. The van der Waals surface area contributed by atoms with Crippen LogP contribution in [0, 0.1) is 0 Å². The van der Waals surface area contributed by atoms with Crippen LogP contribution in [0.4, 0.5) is 0 Å². The monoisotopic (exact) mass is 257 g/mol. The van der Waals surface area contributed by atoms with Gasteiger partial charge in [0.2, 0.25) is 5.91 Å². The lowest BCUT2D eigenvalue weighted by molar-refractivity contribution is -0.145. The van der Waals surface area contributed by atoms with Crippen LogP contribution < -0.4 is 5.32 Å². The molecule has 0 radical (unpaired) electrons. The minimum absolute atomic E-state index is 0.371. The molecular formula is C11H12ClNO4. The molecule has 0 heterocycles. The Balaban J connectivity index is 2.91. The van der Waals surface area contributed by atoms with Gasteiger partial charge in [-0.1, -0.05) is 23.7 Å². The Hall–Kier alpha value is -1.59. The summed E-state index contributed by atoms with van der Waals surface area (Å²) in [5, 5.41) is 21.4. The Kier molecular flexibility index (Phi) is 4.48. The lowest BCUT2D eigenvalue weighted by Crippen LogP contribution is -2.44. The number of aliphatic carboxylic acids is 1. The molecule has 0 unspecified atom stereocenters. The maximum atomic E-state index is 10.9. The van der Waals surface area contributed by atoms with Gasteiger partial charge in [-0.05, 0) is 17.7 Å². The van der Waals surface area contributed by atoms with E-state index < -0.39 is 24.0 Å². The summed E-state index contributed by atoms with van der Waals surface area (Å²) in [6.45, 7) is 1.19. The fraction of sp³-hybridized carbons (Fsp3) is 0.273.